The highest BCUT2D eigenvalue weighted by Gasteiger charge is 2.32. The molecular weight excluding hydrogens is 314 g/mol. The van der Waals surface area contributed by atoms with Gasteiger partial charge in [-0.05, 0) is 31.4 Å². The van der Waals surface area contributed by atoms with E-state index in [1.807, 2.05) is 26.0 Å². The van der Waals surface area contributed by atoms with Gasteiger partial charge in [0.15, 0.2) is 9.84 Å². The van der Waals surface area contributed by atoms with E-state index >= 15 is 0 Å². The lowest BCUT2D eigenvalue weighted by molar-refractivity contribution is -0.130. The molecule has 1 aliphatic rings. The summed E-state index contributed by atoms with van der Waals surface area (Å²) in [6.45, 7) is 4.03. The van der Waals surface area contributed by atoms with Crippen molar-refractivity contribution in [3.63, 3.8) is 0 Å². The maximum absolute atomic E-state index is 12.5. The van der Waals surface area contributed by atoms with Crippen molar-refractivity contribution in [1.82, 2.24) is 4.90 Å². The van der Waals surface area contributed by atoms with Crippen LogP contribution in [0.25, 0.3) is 11.0 Å². The number of sulfone groups is 1. The molecule has 2 heterocycles. The van der Waals surface area contributed by atoms with Crippen LogP contribution < -0.4 is 0 Å². The Bertz CT molecular complexity index is 866. The lowest BCUT2D eigenvalue weighted by Gasteiger charge is -2.23. The predicted molar refractivity (Wildman–Crippen MR) is 89.2 cm³/mol. The molecule has 1 amide bonds. The van der Waals surface area contributed by atoms with Crippen molar-refractivity contribution in [3.05, 3.63) is 35.1 Å². The van der Waals surface area contributed by atoms with Crippen molar-refractivity contribution in [3.8, 4) is 0 Å². The summed E-state index contributed by atoms with van der Waals surface area (Å²) in [5.41, 5.74) is 3.90. The third-order valence-corrected chi connectivity index (χ3v) is 6.58. The number of aryl methyl sites for hydroxylation is 2. The van der Waals surface area contributed by atoms with Gasteiger partial charge in [-0.2, -0.15) is 0 Å². The van der Waals surface area contributed by atoms with Crippen LogP contribution in [0.5, 0.6) is 0 Å². The summed E-state index contributed by atoms with van der Waals surface area (Å²) < 4.78 is 28.8. The van der Waals surface area contributed by atoms with Crippen LogP contribution >= 0.6 is 0 Å². The Labute approximate surface area is 136 Å². The fourth-order valence-electron chi connectivity index (χ4n) is 3.10. The van der Waals surface area contributed by atoms with Gasteiger partial charge in [-0.25, -0.2) is 8.42 Å². The summed E-state index contributed by atoms with van der Waals surface area (Å²) in [4.78, 5) is 14.1. The zero-order valence-corrected chi connectivity index (χ0v) is 14.4. The van der Waals surface area contributed by atoms with Crippen molar-refractivity contribution in [2.24, 2.45) is 0 Å². The first kappa shape index (κ1) is 16.1. The first-order valence-electron chi connectivity index (χ1n) is 7.71. The molecule has 0 bridgehead atoms. The molecule has 23 heavy (non-hydrogen) atoms. The number of likely N-dealkylation sites (N-methyl/N-ethyl adjacent to an activating group) is 1. The van der Waals surface area contributed by atoms with Crippen LogP contribution in [0.1, 0.15) is 23.1 Å². The number of furan rings is 1. The van der Waals surface area contributed by atoms with E-state index in [-0.39, 0.29) is 29.9 Å². The Morgan fingerprint density at radius 2 is 2.09 bits per heavy atom. The van der Waals surface area contributed by atoms with E-state index in [2.05, 4.69) is 0 Å². The summed E-state index contributed by atoms with van der Waals surface area (Å²) in [7, 11) is -1.31. The van der Waals surface area contributed by atoms with Gasteiger partial charge in [0.2, 0.25) is 5.91 Å². The highest BCUT2D eigenvalue weighted by molar-refractivity contribution is 7.91. The normalized spacial score (nSPS) is 20.0. The number of fused-ring (bicyclic) bond motifs is 1. The smallest absolute Gasteiger partial charge is 0.227 e. The van der Waals surface area contributed by atoms with Crippen molar-refractivity contribution >= 4 is 26.7 Å². The van der Waals surface area contributed by atoms with Crippen molar-refractivity contribution in [2.75, 3.05) is 18.6 Å². The SMILES string of the molecule is Cc1ccc2c(CC(=O)N(C)C3CCS(=O)(=O)C3)coc2c1C. The summed E-state index contributed by atoms with van der Waals surface area (Å²) in [6.07, 6.45) is 2.38. The van der Waals surface area contributed by atoms with Crippen molar-refractivity contribution < 1.29 is 17.6 Å². The minimum atomic E-state index is -2.99. The third kappa shape index (κ3) is 3.00. The molecule has 124 valence electrons. The average Bonchev–Trinajstić information content (AvgIpc) is 3.06. The summed E-state index contributed by atoms with van der Waals surface area (Å²) in [6, 6.07) is 3.78. The van der Waals surface area contributed by atoms with Crippen LogP contribution in [-0.2, 0) is 21.1 Å². The quantitative estimate of drug-likeness (QED) is 0.863. The van der Waals surface area contributed by atoms with E-state index < -0.39 is 9.84 Å². The number of amides is 1. The van der Waals surface area contributed by atoms with E-state index in [0.29, 0.717) is 6.42 Å². The third-order valence-electron chi connectivity index (χ3n) is 4.83. The van der Waals surface area contributed by atoms with Gasteiger partial charge in [0.05, 0.1) is 24.2 Å². The molecule has 3 rings (SSSR count). The topological polar surface area (TPSA) is 67.6 Å². The Morgan fingerprint density at radius 3 is 2.74 bits per heavy atom. The molecule has 0 spiro atoms. The van der Waals surface area contributed by atoms with Crippen molar-refractivity contribution in [1.29, 1.82) is 0 Å². The second-order valence-corrected chi connectivity index (χ2v) is 8.61. The van der Waals surface area contributed by atoms with Crippen LogP contribution in [-0.4, -0.2) is 43.8 Å². The number of hydrogen-bond donors (Lipinski definition) is 0. The molecule has 1 unspecified atom stereocenters. The van der Waals surface area contributed by atoms with Gasteiger partial charge in [-0.3, -0.25) is 4.79 Å². The Hall–Kier alpha value is -1.82. The van der Waals surface area contributed by atoms with E-state index in [0.717, 1.165) is 27.7 Å². The monoisotopic (exact) mass is 335 g/mol. The van der Waals surface area contributed by atoms with Gasteiger partial charge in [-0.1, -0.05) is 12.1 Å². The minimum Gasteiger partial charge on any atom is -0.464 e. The second-order valence-electron chi connectivity index (χ2n) is 6.38. The van der Waals surface area contributed by atoms with E-state index in [1.165, 1.54) is 0 Å². The van der Waals surface area contributed by atoms with Crippen LogP contribution in [0.4, 0.5) is 0 Å². The molecule has 1 fully saturated rings. The van der Waals surface area contributed by atoms with Gasteiger partial charge in [0.1, 0.15) is 5.58 Å². The molecule has 0 saturated carbocycles. The molecule has 2 aromatic rings. The number of rotatable bonds is 3. The molecule has 0 N–H and O–H groups in total. The maximum atomic E-state index is 12.5. The van der Waals surface area contributed by atoms with E-state index in [1.54, 1.807) is 18.2 Å². The van der Waals surface area contributed by atoms with Gasteiger partial charge in [0, 0.05) is 24.0 Å². The predicted octanol–water partition coefficient (Wildman–Crippen LogP) is 2.24. The first-order chi connectivity index (χ1) is 10.8. The van der Waals surface area contributed by atoms with Gasteiger partial charge < -0.3 is 9.32 Å². The Balaban J connectivity index is 1.79. The highest BCUT2D eigenvalue weighted by Crippen LogP contribution is 2.27. The highest BCUT2D eigenvalue weighted by atomic mass is 32.2. The van der Waals surface area contributed by atoms with Gasteiger partial charge >= 0.3 is 0 Å². The standard InChI is InChI=1S/C17H21NO4S/c1-11-4-5-15-13(9-22-17(15)12(11)2)8-16(19)18(3)14-6-7-23(20,21)10-14/h4-5,9,14H,6-8,10H2,1-3H3. The van der Waals surface area contributed by atoms with Crippen molar-refractivity contribution in [2.45, 2.75) is 32.7 Å². The second kappa shape index (κ2) is 5.67. The molecule has 1 saturated heterocycles. The van der Waals surface area contributed by atoms with Crippen LogP contribution in [0, 0.1) is 13.8 Å². The summed E-state index contributed by atoms with van der Waals surface area (Å²) in [5, 5.41) is 0.953. The molecule has 1 aliphatic heterocycles. The van der Waals surface area contributed by atoms with Crippen LogP contribution in [0.15, 0.2) is 22.8 Å². The zero-order chi connectivity index (χ0) is 16.8. The number of hydrogen-bond acceptors (Lipinski definition) is 4. The zero-order valence-electron chi connectivity index (χ0n) is 13.6. The molecule has 1 aromatic carbocycles. The number of carbonyl (C=O) groups is 1. The van der Waals surface area contributed by atoms with E-state index in [9.17, 15) is 13.2 Å². The fourth-order valence-corrected chi connectivity index (χ4v) is 4.87. The molecule has 1 atom stereocenters. The Morgan fingerprint density at radius 1 is 1.35 bits per heavy atom. The summed E-state index contributed by atoms with van der Waals surface area (Å²) in [5.74, 6) is 0.162. The molecule has 1 aromatic heterocycles. The number of nitrogens with zero attached hydrogens (tertiary/aromatic N) is 1. The summed E-state index contributed by atoms with van der Waals surface area (Å²) >= 11 is 0. The van der Waals surface area contributed by atoms with Gasteiger partial charge in [-0.15, -0.1) is 0 Å². The van der Waals surface area contributed by atoms with Crippen LogP contribution in [0.2, 0.25) is 0 Å². The van der Waals surface area contributed by atoms with E-state index in [4.69, 9.17) is 4.42 Å². The van der Waals surface area contributed by atoms with Crippen LogP contribution in [0.3, 0.4) is 0 Å². The maximum Gasteiger partial charge on any atom is 0.227 e. The Kier molecular flexibility index (Phi) is 3.96. The largest absolute Gasteiger partial charge is 0.464 e. The molecule has 0 radical (unpaired) electrons. The molecule has 6 heteroatoms. The fraction of sp³-hybridized carbons (Fsp3) is 0.471. The lowest BCUT2D eigenvalue weighted by Crippen LogP contribution is -2.38. The number of carbonyl (C=O) groups excluding carboxylic acids is 1. The lowest BCUT2D eigenvalue weighted by atomic mass is 10.0. The first-order valence-corrected chi connectivity index (χ1v) is 9.53. The average molecular weight is 335 g/mol. The van der Waals surface area contributed by atoms with Gasteiger partial charge in [0.25, 0.3) is 0 Å². The number of benzene rings is 1. The molecule has 0 aliphatic carbocycles. The molecular formula is C17H21NO4S. The molecule has 5 nitrogen and oxygen atoms in total. The minimum absolute atomic E-state index is 0.0691.